The number of ether oxygens (including phenoxy) is 1. The largest absolute Gasteiger partial charge is 0.497 e. The van der Waals surface area contributed by atoms with Gasteiger partial charge in [-0.3, -0.25) is 4.79 Å². The van der Waals surface area contributed by atoms with Crippen LogP contribution in [-0.4, -0.2) is 42.8 Å². The number of nitrogens with two attached hydrogens (primary N) is 1. The van der Waals surface area contributed by atoms with Crippen LogP contribution in [0.3, 0.4) is 0 Å². The van der Waals surface area contributed by atoms with Crippen LogP contribution >= 0.6 is 11.8 Å². The molecule has 4 nitrogen and oxygen atoms in total. The number of hydrogen-bond donors (Lipinski definition) is 1. The Morgan fingerprint density at radius 3 is 2.84 bits per heavy atom. The summed E-state index contributed by atoms with van der Waals surface area (Å²) in [6.07, 6.45) is 2.04. The second kappa shape index (κ2) is 6.82. The second-order valence-corrected chi connectivity index (χ2v) is 5.76. The van der Waals surface area contributed by atoms with Crippen molar-refractivity contribution in [3.8, 4) is 5.75 Å². The van der Waals surface area contributed by atoms with Gasteiger partial charge < -0.3 is 15.4 Å². The van der Waals surface area contributed by atoms with Crippen molar-refractivity contribution < 1.29 is 9.53 Å². The van der Waals surface area contributed by atoms with Crippen LogP contribution in [0.1, 0.15) is 12.8 Å². The summed E-state index contributed by atoms with van der Waals surface area (Å²) in [4.78, 5) is 15.0. The standard InChI is InChI=1S/C14H20N2O2S/c1-18-12-4-6-13(7-5-12)19-10-14(17)16-8-2-3-11(15)9-16/h4-7,11H,2-3,8-10,15H2,1H3. The van der Waals surface area contributed by atoms with Gasteiger partial charge in [0.1, 0.15) is 5.75 Å². The van der Waals surface area contributed by atoms with Gasteiger partial charge in [0.2, 0.25) is 5.91 Å². The van der Waals surface area contributed by atoms with Crippen molar-refractivity contribution in [2.75, 3.05) is 26.0 Å². The molecule has 1 amide bonds. The Bertz CT molecular complexity index is 422. The van der Waals surface area contributed by atoms with E-state index >= 15 is 0 Å². The first-order valence-corrected chi connectivity index (χ1v) is 7.48. The fourth-order valence-electron chi connectivity index (χ4n) is 2.14. The molecule has 1 fully saturated rings. The van der Waals surface area contributed by atoms with Crippen LogP contribution in [-0.2, 0) is 4.79 Å². The Morgan fingerprint density at radius 1 is 1.47 bits per heavy atom. The molecule has 0 aromatic heterocycles. The van der Waals surface area contributed by atoms with Gasteiger partial charge in [0.05, 0.1) is 12.9 Å². The summed E-state index contributed by atoms with van der Waals surface area (Å²) in [6.45, 7) is 1.54. The van der Waals surface area contributed by atoms with Crippen molar-refractivity contribution in [1.82, 2.24) is 4.90 Å². The number of hydrogen-bond acceptors (Lipinski definition) is 4. The Hall–Kier alpha value is -1.20. The molecule has 2 N–H and O–H groups in total. The number of rotatable bonds is 4. The van der Waals surface area contributed by atoms with Crippen molar-refractivity contribution in [1.29, 1.82) is 0 Å². The summed E-state index contributed by atoms with van der Waals surface area (Å²) in [7, 11) is 1.64. The number of carbonyl (C=O) groups is 1. The fourth-order valence-corrected chi connectivity index (χ4v) is 2.95. The number of benzene rings is 1. The lowest BCUT2D eigenvalue weighted by molar-refractivity contribution is -0.129. The van der Waals surface area contributed by atoms with Gasteiger partial charge in [0, 0.05) is 24.0 Å². The smallest absolute Gasteiger partial charge is 0.232 e. The van der Waals surface area contributed by atoms with Crippen molar-refractivity contribution >= 4 is 17.7 Å². The highest BCUT2D eigenvalue weighted by Crippen LogP contribution is 2.22. The molecule has 0 spiro atoms. The molecular formula is C14H20N2O2S. The minimum atomic E-state index is 0.142. The van der Waals surface area contributed by atoms with Gasteiger partial charge in [0.15, 0.2) is 0 Å². The molecule has 1 aliphatic rings. The summed E-state index contributed by atoms with van der Waals surface area (Å²) in [5.74, 6) is 1.48. The lowest BCUT2D eigenvalue weighted by Crippen LogP contribution is -2.46. The van der Waals surface area contributed by atoms with Gasteiger partial charge in [0.25, 0.3) is 0 Å². The molecule has 1 saturated heterocycles. The zero-order chi connectivity index (χ0) is 13.7. The second-order valence-electron chi connectivity index (χ2n) is 4.71. The Kier molecular flexibility index (Phi) is 5.10. The van der Waals surface area contributed by atoms with Crippen molar-refractivity contribution in [3.05, 3.63) is 24.3 Å². The quantitative estimate of drug-likeness (QED) is 0.854. The van der Waals surface area contributed by atoms with Gasteiger partial charge in [-0.05, 0) is 37.1 Å². The van der Waals surface area contributed by atoms with E-state index in [0.29, 0.717) is 12.3 Å². The SMILES string of the molecule is COc1ccc(SCC(=O)N2CCCC(N)C2)cc1. The Morgan fingerprint density at radius 2 is 2.21 bits per heavy atom. The molecule has 104 valence electrons. The highest BCUT2D eigenvalue weighted by atomic mass is 32.2. The van der Waals surface area contributed by atoms with E-state index in [2.05, 4.69) is 0 Å². The highest BCUT2D eigenvalue weighted by Gasteiger charge is 2.20. The maximum atomic E-state index is 12.1. The number of methoxy groups -OCH3 is 1. The van der Waals surface area contributed by atoms with E-state index in [1.54, 1.807) is 18.9 Å². The summed E-state index contributed by atoms with van der Waals surface area (Å²) in [5, 5.41) is 0. The third-order valence-electron chi connectivity index (χ3n) is 3.23. The molecule has 1 aromatic rings. The van der Waals surface area contributed by atoms with Crippen molar-refractivity contribution in [3.63, 3.8) is 0 Å². The molecular weight excluding hydrogens is 260 g/mol. The molecule has 1 aromatic carbocycles. The number of amides is 1. The monoisotopic (exact) mass is 280 g/mol. The number of piperidine rings is 1. The number of thioether (sulfide) groups is 1. The van der Waals surface area contributed by atoms with Crippen LogP contribution in [0.5, 0.6) is 5.75 Å². The van der Waals surface area contributed by atoms with Gasteiger partial charge in [-0.2, -0.15) is 0 Å². The molecule has 1 atom stereocenters. The minimum absolute atomic E-state index is 0.142. The maximum absolute atomic E-state index is 12.1. The van der Waals surface area contributed by atoms with Gasteiger partial charge >= 0.3 is 0 Å². The molecule has 0 bridgehead atoms. The lowest BCUT2D eigenvalue weighted by atomic mass is 10.1. The predicted molar refractivity (Wildman–Crippen MR) is 77.5 cm³/mol. The van der Waals surface area contributed by atoms with E-state index in [1.165, 1.54) is 0 Å². The number of nitrogens with zero attached hydrogens (tertiary/aromatic N) is 1. The minimum Gasteiger partial charge on any atom is -0.497 e. The van der Waals surface area contributed by atoms with Crippen LogP contribution in [0.2, 0.25) is 0 Å². The molecule has 0 saturated carbocycles. The topological polar surface area (TPSA) is 55.6 Å². The van der Waals surface area contributed by atoms with Crippen molar-refractivity contribution in [2.24, 2.45) is 5.73 Å². The number of carbonyl (C=O) groups excluding carboxylic acids is 1. The highest BCUT2D eigenvalue weighted by molar-refractivity contribution is 8.00. The molecule has 1 heterocycles. The molecule has 0 radical (unpaired) electrons. The first-order valence-electron chi connectivity index (χ1n) is 6.49. The lowest BCUT2D eigenvalue weighted by Gasteiger charge is -2.30. The van der Waals surface area contributed by atoms with Crippen LogP contribution in [0.4, 0.5) is 0 Å². The third-order valence-corrected chi connectivity index (χ3v) is 4.23. The average molecular weight is 280 g/mol. The third kappa shape index (κ3) is 4.14. The molecule has 0 aliphatic carbocycles. The van der Waals surface area contributed by atoms with Gasteiger partial charge in [-0.25, -0.2) is 0 Å². The molecule has 1 unspecified atom stereocenters. The summed E-state index contributed by atoms with van der Waals surface area (Å²) < 4.78 is 5.10. The van der Waals surface area contributed by atoms with Crippen LogP contribution in [0.25, 0.3) is 0 Å². The van der Waals surface area contributed by atoms with E-state index in [1.807, 2.05) is 29.2 Å². The first-order chi connectivity index (χ1) is 9.19. The fraction of sp³-hybridized carbons (Fsp3) is 0.500. The molecule has 2 rings (SSSR count). The Labute approximate surface area is 118 Å². The maximum Gasteiger partial charge on any atom is 0.232 e. The van der Waals surface area contributed by atoms with E-state index < -0.39 is 0 Å². The van der Waals surface area contributed by atoms with Crippen LogP contribution in [0, 0.1) is 0 Å². The normalized spacial score (nSPS) is 19.3. The molecule has 1 aliphatic heterocycles. The van der Waals surface area contributed by atoms with Crippen molar-refractivity contribution in [2.45, 2.75) is 23.8 Å². The average Bonchev–Trinajstić information content (AvgIpc) is 2.45. The van der Waals surface area contributed by atoms with Crippen LogP contribution in [0.15, 0.2) is 29.2 Å². The number of likely N-dealkylation sites (tertiary alicyclic amines) is 1. The van der Waals surface area contributed by atoms with E-state index in [-0.39, 0.29) is 11.9 Å². The van der Waals surface area contributed by atoms with Gasteiger partial charge in [-0.15, -0.1) is 11.8 Å². The van der Waals surface area contributed by atoms with Crippen LogP contribution < -0.4 is 10.5 Å². The zero-order valence-corrected chi connectivity index (χ0v) is 12.0. The zero-order valence-electron chi connectivity index (χ0n) is 11.2. The molecule has 5 heteroatoms. The Balaban J connectivity index is 1.82. The summed E-state index contributed by atoms with van der Waals surface area (Å²) in [6, 6.07) is 7.90. The van der Waals surface area contributed by atoms with E-state index in [0.717, 1.165) is 30.0 Å². The van der Waals surface area contributed by atoms with E-state index in [4.69, 9.17) is 10.5 Å². The summed E-state index contributed by atoms with van der Waals surface area (Å²) in [5.41, 5.74) is 5.89. The predicted octanol–water partition coefficient (Wildman–Crippen LogP) is 1.74. The van der Waals surface area contributed by atoms with E-state index in [9.17, 15) is 4.79 Å². The first kappa shape index (κ1) is 14.2. The molecule has 19 heavy (non-hydrogen) atoms. The summed E-state index contributed by atoms with van der Waals surface area (Å²) >= 11 is 1.56. The van der Waals surface area contributed by atoms with Gasteiger partial charge in [-0.1, -0.05) is 0 Å².